The largest absolute Gasteiger partial charge is 0.465 e. The van der Waals surface area contributed by atoms with Crippen LogP contribution in [0.4, 0.5) is 0 Å². The van der Waals surface area contributed by atoms with Crippen LogP contribution in [0.5, 0.6) is 0 Å². The van der Waals surface area contributed by atoms with E-state index >= 15 is 0 Å². The monoisotopic (exact) mass is 390 g/mol. The van der Waals surface area contributed by atoms with E-state index in [4.69, 9.17) is 9.16 Å². The molecule has 0 rings (SSSR count). The van der Waals surface area contributed by atoms with Crippen LogP contribution in [-0.2, 0) is 14.0 Å². The quantitative estimate of drug-likeness (QED) is 0.481. The molecule has 156 valence electrons. The lowest BCUT2D eigenvalue weighted by Crippen LogP contribution is -2.58. The molecule has 0 heterocycles. The van der Waals surface area contributed by atoms with E-state index in [0.29, 0.717) is 6.42 Å². The van der Waals surface area contributed by atoms with Crippen molar-refractivity contribution in [3.05, 3.63) is 0 Å². The summed E-state index contributed by atoms with van der Waals surface area (Å²) in [5.74, 6) is -0.728. The van der Waals surface area contributed by atoms with Gasteiger partial charge in [-0.2, -0.15) is 0 Å². The SMILES string of the molecule is CCC(O[Si](C)(C)C(C)(C)C)C(C)(O)C(O)C(C)COC(=O)C(C)(C)C. The van der Waals surface area contributed by atoms with Gasteiger partial charge in [0, 0.05) is 5.92 Å². The zero-order valence-electron chi connectivity index (χ0n) is 18.8. The molecule has 5 nitrogen and oxygen atoms in total. The number of rotatable bonds is 8. The number of hydrogen-bond donors (Lipinski definition) is 2. The van der Waals surface area contributed by atoms with Gasteiger partial charge in [0.2, 0.25) is 0 Å². The van der Waals surface area contributed by atoms with Crippen molar-refractivity contribution in [1.82, 2.24) is 0 Å². The van der Waals surface area contributed by atoms with Gasteiger partial charge in [0.25, 0.3) is 0 Å². The third-order valence-electron chi connectivity index (χ3n) is 5.49. The highest BCUT2D eigenvalue weighted by Gasteiger charge is 2.47. The number of aliphatic hydroxyl groups is 2. The van der Waals surface area contributed by atoms with E-state index in [9.17, 15) is 15.0 Å². The Labute approximate surface area is 161 Å². The Hall–Kier alpha value is -0.433. The van der Waals surface area contributed by atoms with Crippen molar-refractivity contribution in [2.75, 3.05) is 6.61 Å². The Morgan fingerprint density at radius 3 is 1.88 bits per heavy atom. The maximum Gasteiger partial charge on any atom is 0.311 e. The average Bonchev–Trinajstić information content (AvgIpc) is 2.46. The lowest BCUT2D eigenvalue weighted by atomic mass is 9.84. The van der Waals surface area contributed by atoms with E-state index in [2.05, 4.69) is 33.9 Å². The summed E-state index contributed by atoms with van der Waals surface area (Å²) in [7, 11) is -2.10. The van der Waals surface area contributed by atoms with Crippen LogP contribution in [0.2, 0.25) is 18.1 Å². The first-order chi connectivity index (χ1) is 11.4. The summed E-state index contributed by atoms with van der Waals surface area (Å²) in [6.07, 6.45) is -0.963. The Kier molecular flexibility index (Phi) is 8.57. The zero-order valence-corrected chi connectivity index (χ0v) is 19.8. The maximum atomic E-state index is 11.9. The Balaban J connectivity index is 5.16. The van der Waals surface area contributed by atoms with Crippen LogP contribution in [0.3, 0.4) is 0 Å². The minimum atomic E-state index is -2.10. The standard InChI is InChI=1S/C20H42O5Si/c1-12-15(25-26(10,11)19(6,7)8)20(9,23)16(21)14(2)13-24-17(22)18(3,4)5/h14-16,21,23H,12-13H2,1-11H3. The van der Waals surface area contributed by atoms with Gasteiger partial charge in [0.1, 0.15) is 5.60 Å². The molecule has 4 unspecified atom stereocenters. The fourth-order valence-electron chi connectivity index (χ4n) is 2.43. The molecule has 0 spiro atoms. The highest BCUT2D eigenvalue weighted by molar-refractivity contribution is 6.74. The number of carbonyl (C=O) groups excluding carboxylic acids is 1. The first kappa shape index (κ1) is 25.6. The van der Waals surface area contributed by atoms with Crippen LogP contribution in [0, 0.1) is 11.3 Å². The normalized spacial score (nSPS) is 19.4. The van der Waals surface area contributed by atoms with Crippen LogP contribution >= 0.6 is 0 Å². The molecule has 0 aromatic heterocycles. The first-order valence-corrected chi connectivity index (χ1v) is 12.5. The molecule has 6 heteroatoms. The van der Waals surface area contributed by atoms with Crippen molar-refractivity contribution in [3.8, 4) is 0 Å². The average molecular weight is 391 g/mol. The summed E-state index contributed by atoms with van der Waals surface area (Å²) >= 11 is 0. The fraction of sp³-hybridized carbons (Fsp3) is 0.950. The predicted molar refractivity (Wildman–Crippen MR) is 109 cm³/mol. The molecule has 0 aromatic carbocycles. The minimum Gasteiger partial charge on any atom is -0.465 e. The van der Waals surface area contributed by atoms with E-state index in [1.807, 2.05) is 6.92 Å². The molecular formula is C20H42O5Si. The van der Waals surface area contributed by atoms with Gasteiger partial charge < -0.3 is 19.4 Å². The number of esters is 1. The molecular weight excluding hydrogens is 348 g/mol. The van der Waals surface area contributed by atoms with E-state index in [-0.39, 0.29) is 17.6 Å². The van der Waals surface area contributed by atoms with Crippen LogP contribution < -0.4 is 0 Å². The number of aliphatic hydroxyl groups excluding tert-OH is 1. The summed E-state index contributed by atoms with van der Waals surface area (Å²) in [5.41, 5.74) is -2.03. The van der Waals surface area contributed by atoms with Gasteiger partial charge in [-0.3, -0.25) is 4.79 Å². The highest BCUT2D eigenvalue weighted by Crippen LogP contribution is 2.39. The minimum absolute atomic E-state index is 0.00923. The first-order valence-electron chi connectivity index (χ1n) is 9.63. The third-order valence-corrected chi connectivity index (χ3v) is 9.98. The molecule has 0 radical (unpaired) electrons. The third kappa shape index (κ3) is 6.62. The molecule has 0 bridgehead atoms. The van der Waals surface area contributed by atoms with Crippen molar-refractivity contribution >= 4 is 14.3 Å². The van der Waals surface area contributed by atoms with Gasteiger partial charge >= 0.3 is 5.97 Å². The molecule has 2 N–H and O–H groups in total. The summed E-state index contributed by atoms with van der Waals surface area (Å²) in [5, 5.41) is 21.8. The van der Waals surface area contributed by atoms with Crippen LogP contribution in [0.25, 0.3) is 0 Å². The molecule has 0 amide bonds. The molecule has 4 atom stereocenters. The van der Waals surface area contributed by atoms with Gasteiger partial charge in [0.05, 0.1) is 24.2 Å². The second kappa shape index (κ2) is 8.72. The van der Waals surface area contributed by atoms with Crippen LogP contribution in [0.1, 0.15) is 68.7 Å². The fourth-order valence-corrected chi connectivity index (χ4v) is 3.90. The Morgan fingerprint density at radius 1 is 1.08 bits per heavy atom. The van der Waals surface area contributed by atoms with E-state index < -0.39 is 37.5 Å². The van der Waals surface area contributed by atoms with Gasteiger partial charge in [-0.1, -0.05) is 34.6 Å². The van der Waals surface area contributed by atoms with Crippen molar-refractivity contribution in [1.29, 1.82) is 0 Å². The zero-order chi connectivity index (χ0) is 21.1. The lowest BCUT2D eigenvalue weighted by Gasteiger charge is -2.45. The molecule has 0 fully saturated rings. The van der Waals surface area contributed by atoms with Gasteiger partial charge in [-0.05, 0) is 52.2 Å². The number of carbonyl (C=O) groups is 1. The molecule has 26 heavy (non-hydrogen) atoms. The maximum absolute atomic E-state index is 11.9. The van der Waals surface area contributed by atoms with Gasteiger partial charge in [0.15, 0.2) is 8.32 Å². The molecule has 0 aliphatic rings. The smallest absolute Gasteiger partial charge is 0.311 e. The predicted octanol–water partition coefficient (Wildman–Crippen LogP) is 4.12. The van der Waals surface area contributed by atoms with E-state index in [1.54, 1.807) is 34.6 Å². The molecule has 0 saturated heterocycles. The topological polar surface area (TPSA) is 76.0 Å². The number of ether oxygens (including phenoxy) is 1. The Morgan fingerprint density at radius 2 is 1.54 bits per heavy atom. The molecule has 0 aliphatic heterocycles. The van der Waals surface area contributed by atoms with Crippen molar-refractivity contribution in [3.63, 3.8) is 0 Å². The summed E-state index contributed by atoms with van der Waals surface area (Å²) in [6, 6.07) is 0. The highest BCUT2D eigenvalue weighted by atomic mass is 28.4. The van der Waals surface area contributed by atoms with Crippen LogP contribution in [0.15, 0.2) is 0 Å². The van der Waals surface area contributed by atoms with E-state index in [1.165, 1.54) is 0 Å². The summed E-state index contributed by atoms with van der Waals surface area (Å²) in [4.78, 5) is 11.9. The lowest BCUT2D eigenvalue weighted by molar-refractivity contribution is -0.167. The van der Waals surface area contributed by atoms with Gasteiger partial charge in [-0.25, -0.2) is 0 Å². The molecule has 0 aliphatic carbocycles. The summed E-state index contributed by atoms with van der Waals surface area (Å²) < 4.78 is 11.7. The van der Waals surface area contributed by atoms with Crippen molar-refractivity contribution in [2.45, 2.75) is 105 Å². The second-order valence-corrected chi connectivity index (χ2v) is 15.0. The molecule has 0 saturated carbocycles. The van der Waals surface area contributed by atoms with Gasteiger partial charge in [-0.15, -0.1) is 0 Å². The Bertz CT molecular complexity index is 460. The van der Waals surface area contributed by atoms with Crippen molar-refractivity contribution < 1.29 is 24.2 Å². The van der Waals surface area contributed by atoms with Crippen molar-refractivity contribution in [2.24, 2.45) is 11.3 Å². The second-order valence-electron chi connectivity index (χ2n) is 10.3. The van der Waals surface area contributed by atoms with Crippen LogP contribution in [-0.4, -0.2) is 48.9 Å². The number of hydrogen-bond acceptors (Lipinski definition) is 5. The molecule has 0 aromatic rings. The summed E-state index contributed by atoms with van der Waals surface area (Å²) in [6.45, 7) is 21.4. The van der Waals surface area contributed by atoms with E-state index in [0.717, 1.165) is 0 Å².